The van der Waals surface area contributed by atoms with Gasteiger partial charge in [-0.25, -0.2) is 4.79 Å². The molecule has 3 nitrogen and oxygen atoms in total. The molecule has 4 rings (SSSR count). The molecule has 4 heteroatoms. The molecule has 0 radical (unpaired) electrons. The summed E-state index contributed by atoms with van der Waals surface area (Å²) in [6.07, 6.45) is 2.25. The Morgan fingerprint density at radius 1 is 1.07 bits per heavy atom. The van der Waals surface area contributed by atoms with Crippen molar-refractivity contribution < 1.29 is 14.3 Å². The smallest absolute Gasteiger partial charge is 0.338 e. The Morgan fingerprint density at radius 3 is 2.55 bits per heavy atom. The van der Waals surface area contributed by atoms with Crippen LogP contribution >= 0.6 is 11.6 Å². The lowest BCUT2D eigenvalue weighted by Gasteiger charge is -2.27. The predicted octanol–water partition coefficient (Wildman–Crippen LogP) is 6.52. The third-order valence-corrected chi connectivity index (χ3v) is 5.59. The molecule has 0 heterocycles. The van der Waals surface area contributed by atoms with Crippen LogP contribution in [0.2, 0.25) is 0 Å². The van der Waals surface area contributed by atoms with Crippen molar-refractivity contribution in [3.05, 3.63) is 77.4 Å². The van der Waals surface area contributed by atoms with Gasteiger partial charge in [0.25, 0.3) is 0 Å². The number of carbonyl (C=O) groups excluding carboxylic acids is 1. The molecule has 148 valence electrons. The molecule has 3 aromatic carbocycles. The van der Waals surface area contributed by atoms with Gasteiger partial charge in [-0.2, -0.15) is 0 Å². The molecule has 29 heavy (non-hydrogen) atoms. The van der Waals surface area contributed by atoms with Crippen LogP contribution in [0.4, 0.5) is 0 Å². The quantitative estimate of drug-likeness (QED) is 0.214. The van der Waals surface area contributed by atoms with Crippen LogP contribution in [0.3, 0.4) is 0 Å². The maximum atomic E-state index is 12.4. The zero-order chi connectivity index (χ0) is 20.5. The van der Waals surface area contributed by atoms with E-state index in [4.69, 9.17) is 21.1 Å². The van der Waals surface area contributed by atoms with Gasteiger partial charge in [0, 0.05) is 32.8 Å². The molecule has 1 unspecified atom stereocenters. The Balaban J connectivity index is 1.98. The number of rotatable bonds is 4. The Hall–Kier alpha value is -2.78. The summed E-state index contributed by atoms with van der Waals surface area (Å²) in [6, 6.07) is 15.8. The molecule has 0 N–H and O–H groups in total. The molecule has 3 aromatic rings. The number of benzene rings is 3. The third-order valence-electron chi connectivity index (χ3n) is 5.22. The molecule has 1 aliphatic rings. The SMILES string of the molecule is C=C(C)C(=O)Oc1c2c(c(Oc3ccccc3)c3cc(C)ccc13)CCC(Cl)C2. The maximum Gasteiger partial charge on any atom is 0.338 e. The molecule has 0 bridgehead atoms. The lowest BCUT2D eigenvalue weighted by molar-refractivity contribution is -0.130. The number of halogens is 1. The van der Waals surface area contributed by atoms with Crippen LogP contribution in [0.25, 0.3) is 10.8 Å². The van der Waals surface area contributed by atoms with Gasteiger partial charge in [0.2, 0.25) is 0 Å². The summed E-state index contributed by atoms with van der Waals surface area (Å²) in [5, 5.41) is 1.78. The largest absolute Gasteiger partial charge is 0.456 e. The van der Waals surface area contributed by atoms with Gasteiger partial charge in [-0.15, -0.1) is 11.6 Å². The van der Waals surface area contributed by atoms with Gasteiger partial charge in [-0.05, 0) is 51.3 Å². The van der Waals surface area contributed by atoms with Crippen LogP contribution in [-0.4, -0.2) is 11.3 Å². The highest BCUT2D eigenvalue weighted by Crippen LogP contribution is 2.46. The summed E-state index contributed by atoms with van der Waals surface area (Å²) in [6.45, 7) is 7.41. The topological polar surface area (TPSA) is 35.5 Å². The summed E-state index contributed by atoms with van der Waals surface area (Å²) in [5.74, 6) is 1.75. The van der Waals surface area contributed by atoms with E-state index in [1.54, 1.807) is 6.92 Å². The van der Waals surface area contributed by atoms with Gasteiger partial charge in [0.1, 0.15) is 17.2 Å². The van der Waals surface area contributed by atoms with Crippen molar-refractivity contribution in [3.63, 3.8) is 0 Å². The molecular weight excluding hydrogens is 384 g/mol. The zero-order valence-corrected chi connectivity index (χ0v) is 17.4. The second kappa shape index (κ2) is 7.92. The number of para-hydroxylation sites is 1. The van der Waals surface area contributed by atoms with E-state index in [2.05, 4.69) is 12.6 Å². The van der Waals surface area contributed by atoms with Crippen molar-refractivity contribution in [3.8, 4) is 17.2 Å². The van der Waals surface area contributed by atoms with Crippen LogP contribution in [0.5, 0.6) is 17.2 Å². The summed E-state index contributed by atoms with van der Waals surface area (Å²) in [7, 11) is 0. The highest BCUT2D eigenvalue weighted by Gasteiger charge is 2.28. The van der Waals surface area contributed by atoms with Crippen molar-refractivity contribution in [2.75, 3.05) is 0 Å². The standard InChI is InChI=1S/C25H23ClO3/c1-15(2)25(27)29-24-19-11-9-16(3)13-21(19)23(28-18-7-5-4-6-8-18)20-12-10-17(26)14-22(20)24/h4-9,11,13,17H,1,10,12,14H2,2-3H3. The first-order chi connectivity index (χ1) is 13.9. The van der Waals surface area contributed by atoms with Gasteiger partial charge in [0.05, 0.1) is 0 Å². The van der Waals surface area contributed by atoms with Crippen molar-refractivity contribution >= 4 is 28.3 Å². The molecule has 0 amide bonds. The first-order valence-electron chi connectivity index (χ1n) is 9.76. The van der Waals surface area contributed by atoms with E-state index in [1.165, 1.54) is 0 Å². The summed E-state index contributed by atoms with van der Waals surface area (Å²) in [5.41, 5.74) is 3.49. The minimum absolute atomic E-state index is 0.00254. The summed E-state index contributed by atoms with van der Waals surface area (Å²) >= 11 is 6.51. The number of hydrogen-bond donors (Lipinski definition) is 0. The average molecular weight is 407 g/mol. The van der Waals surface area contributed by atoms with E-state index in [0.29, 0.717) is 17.7 Å². The number of carbonyl (C=O) groups is 1. The van der Waals surface area contributed by atoms with Gasteiger partial charge < -0.3 is 9.47 Å². The first-order valence-corrected chi connectivity index (χ1v) is 10.2. The Labute approximate surface area is 175 Å². The molecule has 0 spiro atoms. The van der Waals surface area contributed by atoms with Crippen molar-refractivity contribution in [2.45, 2.75) is 38.5 Å². The van der Waals surface area contributed by atoms with E-state index >= 15 is 0 Å². The second-order valence-corrected chi connectivity index (χ2v) is 8.21. The summed E-state index contributed by atoms with van der Waals surface area (Å²) in [4.78, 5) is 12.4. The molecule has 1 atom stereocenters. The fourth-order valence-corrected chi connectivity index (χ4v) is 4.03. The van der Waals surface area contributed by atoms with E-state index in [0.717, 1.165) is 51.8 Å². The van der Waals surface area contributed by atoms with Crippen LogP contribution in [0.1, 0.15) is 30.0 Å². The Morgan fingerprint density at radius 2 is 1.83 bits per heavy atom. The van der Waals surface area contributed by atoms with Crippen molar-refractivity contribution in [1.29, 1.82) is 0 Å². The zero-order valence-electron chi connectivity index (χ0n) is 16.6. The Bertz CT molecular complexity index is 1100. The van der Waals surface area contributed by atoms with E-state index < -0.39 is 5.97 Å². The van der Waals surface area contributed by atoms with Crippen LogP contribution in [0, 0.1) is 6.92 Å². The molecule has 0 saturated carbocycles. The van der Waals surface area contributed by atoms with Gasteiger partial charge in [-0.1, -0.05) is 42.5 Å². The van der Waals surface area contributed by atoms with Crippen LogP contribution in [-0.2, 0) is 17.6 Å². The average Bonchev–Trinajstić information content (AvgIpc) is 2.71. The highest BCUT2D eigenvalue weighted by atomic mass is 35.5. The lowest BCUT2D eigenvalue weighted by atomic mass is 9.86. The second-order valence-electron chi connectivity index (χ2n) is 7.59. The monoisotopic (exact) mass is 406 g/mol. The predicted molar refractivity (Wildman–Crippen MR) is 117 cm³/mol. The fourth-order valence-electron chi connectivity index (χ4n) is 3.77. The highest BCUT2D eigenvalue weighted by molar-refractivity contribution is 6.21. The van der Waals surface area contributed by atoms with E-state index in [9.17, 15) is 4.79 Å². The van der Waals surface area contributed by atoms with E-state index in [-0.39, 0.29) is 5.38 Å². The van der Waals surface area contributed by atoms with Crippen LogP contribution < -0.4 is 9.47 Å². The van der Waals surface area contributed by atoms with E-state index in [1.807, 2.05) is 49.4 Å². The number of ether oxygens (including phenoxy) is 2. The summed E-state index contributed by atoms with van der Waals surface area (Å²) < 4.78 is 12.2. The third kappa shape index (κ3) is 3.88. The normalized spacial score (nSPS) is 15.6. The van der Waals surface area contributed by atoms with Crippen molar-refractivity contribution in [1.82, 2.24) is 0 Å². The number of alkyl halides is 1. The Kier molecular flexibility index (Phi) is 5.33. The maximum absolute atomic E-state index is 12.4. The van der Waals surface area contributed by atoms with Gasteiger partial charge >= 0.3 is 5.97 Å². The number of fused-ring (bicyclic) bond motifs is 2. The molecule has 0 saturated heterocycles. The fraction of sp³-hybridized carbons (Fsp3) is 0.240. The number of hydrogen-bond acceptors (Lipinski definition) is 3. The van der Waals surface area contributed by atoms with Gasteiger partial charge in [0.15, 0.2) is 0 Å². The first kappa shape index (κ1) is 19.5. The number of aryl methyl sites for hydroxylation is 1. The number of esters is 1. The molecule has 0 fully saturated rings. The molecule has 0 aromatic heterocycles. The molecule has 1 aliphatic carbocycles. The molecular formula is C25H23ClO3. The molecule has 0 aliphatic heterocycles. The lowest BCUT2D eigenvalue weighted by Crippen LogP contribution is -2.18. The minimum atomic E-state index is -0.428. The minimum Gasteiger partial charge on any atom is -0.456 e. The van der Waals surface area contributed by atoms with Crippen molar-refractivity contribution in [2.24, 2.45) is 0 Å². The van der Waals surface area contributed by atoms with Gasteiger partial charge in [-0.3, -0.25) is 0 Å². The van der Waals surface area contributed by atoms with Crippen LogP contribution in [0.15, 0.2) is 60.7 Å².